The Labute approximate surface area is 303 Å². The van der Waals surface area contributed by atoms with E-state index in [0.29, 0.717) is 40.1 Å². The van der Waals surface area contributed by atoms with Crippen molar-refractivity contribution in [1.82, 2.24) is 4.72 Å². The Morgan fingerprint density at radius 2 is 1.19 bits per heavy atom. The van der Waals surface area contributed by atoms with E-state index >= 15 is 0 Å². The molecule has 0 unspecified atom stereocenters. The zero-order chi connectivity index (χ0) is 38.5. The Hall–Kier alpha value is -1.17. The van der Waals surface area contributed by atoms with Crippen LogP contribution >= 0.6 is 0 Å². The predicted octanol–water partition coefficient (Wildman–Crippen LogP) is 13.3. The van der Waals surface area contributed by atoms with Gasteiger partial charge in [-0.15, -0.1) is 6.58 Å². The molecule has 0 aliphatic heterocycles. The normalized spacial score (nSPS) is 13.6. The van der Waals surface area contributed by atoms with Gasteiger partial charge in [0.15, 0.2) is 0 Å². The molecule has 1 saturated carbocycles. The van der Waals surface area contributed by atoms with Crippen molar-refractivity contribution in [3.8, 4) is 0 Å². The van der Waals surface area contributed by atoms with Crippen LogP contribution in [0.5, 0.6) is 0 Å². The van der Waals surface area contributed by atoms with E-state index in [1.165, 1.54) is 36.8 Å². The molecule has 1 aromatic carbocycles. The number of allylic oxidation sites excluding steroid dienone is 1. The van der Waals surface area contributed by atoms with Gasteiger partial charge in [0.05, 0.1) is 11.4 Å². The third kappa shape index (κ3) is 32.1. The molecule has 1 aliphatic rings. The maximum absolute atomic E-state index is 11.1. The smallest absolute Gasteiger partial charge is 0.214 e. The monoisotopic (exact) mass is 696 g/mol. The number of rotatable bonds is 12. The van der Waals surface area contributed by atoms with Crippen molar-refractivity contribution < 1.29 is 13.2 Å². The molecule has 286 valence electrons. The lowest BCUT2D eigenvalue weighted by molar-refractivity contribution is 0.0753. The van der Waals surface area contributed by atoms with Crippen molar-refractivity contribution in [3.05, 3.63) is 48.0 Å². The number of sulfonamides is 1. The summed E-state index contributed by atoms with van der Waals surface area (Å²) in [5.74, 6) is 1.93. The predicted molar refractivity (Wildman–Crippen MR) is 218 cm³/mol. The van der Waals surface area contributed by atoms with E-state index in [1.54, 1.807) is 0 Å². The number of unbranched alkanes of at least 4 members (excludes halogenated alkanes) is 2. The van der Waals surface area contributed by atoms with Crippen LogP contribution in [0, 0.1) is 22.2 Å². The third-order valence-electron chi connectivity index (χ3n) is 8.35. The molecule has 0 radical (unpaired) electrons. The van der Waals surface area contributed by atoms with Gasteiger partial charge in [0.2, 0.25) is 10.0 Å². The summed E-state index contributed by atoms with van der Waals surface area (Å²) in [6, 6.07) is 8.91. The number of hydrogen-bond donors (Lipinski definition) is 1. The van der Waals surface area contributed by atoms with Gasteiger partial charge in [0, 0.05) is 12.6 Å². The summed E-state index contributed by atoms with van der Waals surface area (Å²) in [6.45, 7) is 46.0. The van der Waals surface area contributed by atoms with Gasteiger partial charge in [-0.05, 0) is 98.5 Å². The standard InChI is InChI=1S/C12H26O.C12H18.C8H18.C6H13NO2S.C5H10/c1-11(2)13-10-8-6-7-9-12(3,4)5;1-9(2)11-6-5-7-12(8-11)10(3)4;1-7(2,3)8(4,5)6;1-5(2)7-10(8,9)6-3-4-6;1-4-5(2)3/h11H,6-10H2,1-5H3;5-10H,1-4H3;1-6H3;5-7H,3-4H2,1-2H3;4-5H,1H2,2-3H3. The number of hydrogen-bond acceptors (Lipinski definition) is 3. The molecule has 1 aromatic rings. The van der Waals surface area contributed by atoms with E-state index in [4.69, 9.17) is 4.74 Å². The van der Waals surface area contributed by atoms with Gasteiger partial charge in [-0.1, -0.05) is 147 Å². The fraction of sp³-hybridized carbons (Fsp3) is 0.814. The summed E-state index contributed by atoms with van der Waals surface area (Å²) in [4.78, 5) is 0. The molecule has 0 spiro atoms. The Bertz CT molecular complexity index is 994. The van der Waals surface area contributed by atoms with E-state index in [-0.39, 0.29) is 11.3 Å². The summed E-state index contributed by atoms with van der Waals surface area (Å²) in [5, 5.41) is -0.0881. The molecule has 4 nitrogen and oxygen atoms in total. The lowest BCUT2D eigenvalue weighted by Crippen LogP contribution is -2.32. The zero-order valence-corrected chi connectivity index (χ0v) is 36.5. The molecule has 0 atom stereocenters. The molecule has 1 aliphatic carbocycles. The highest BCUT2D eigenvalue weighted by Gasteiger charge is 2.35. The van der Waals surface area contributed by atoms with E-state index in [2.05, 4.69) is 153 Å². The van der Waals surface area contributed by atoms with Gasteiger partial charge in [-0.2, -0.15) is 0 Å². The van der Waals surface area contributed by atoms with Crippen LogP contribution in [0.4, 0.5) is 0 Å². The Balaban J connectivity index is -0.000000543. The van der Waals surface area contributed by atoms with Crippen LogP contribution in [0.15, 0.2) is 36.9 Å². The minimum Gasteiger partial charge on any atom is -0.379 e. The Kier molecular flexibility index (Phi) is 26.6. The fourth-order valence-electron chi connectivity index (χ4n) is 3.33. The molecule has 1 fully saturated rings. The van der Waals surface area contributed by atoms with Gasteiger partial charge in [0.25, 0.3) is 0 Å². The summed E-state index contributed by atoms with van der Waals surface area (Å²) in [7, 11) is -2.94. The maximum Gasteiger partial charge on any atom is 0.214 e. The highest BCUT2D eigenvalue weighted by atomic mass is 32.2. The van der Waals surface area contributed by atoms with Crippen LogP contribution in [0.2, 0.25) is 0 Å². The van der Waals surface area contributed by atoms with E-state index < -0.39 is 10.0 Å². The quantitative estimate of drug-likeness (QED) is 0.175. The van der Waals surface area contributed by atoms with Gasteiger partial charge in [-0.25, -0.2) is 13.1 Å². The van der Waals surface area contributed by atoms with E-state index in [0.717, 1.165) is 19.4 Å². The summed E-state index contributed by atoms with van der Waals surface area (Å²) in [5.41, 5.74) is 4.27. The average molecular weight is 696 g/mol. The molecule has 0 bridgehead atoms. The lowest BCUT2D eigenvalue weighted by atomic mass is 9.71. The van der Waals surface area contributed by atoms with Crippen molar-refractivity contribution in [2.24, 2.45) is 22.2 Å². The summed E-state index contributed by atoms with van der Waals surface area (Å²) in [6.07, 6.45) is 9.17. The Morgan fingerprint density at radius 1 is 0.771 bits per heavy atom. The highest BCUT2D eigenvalue weighted by Crippen LogP contribution is 2.36. The molecular weight excluding hydrogens is 611 g/mol. The van der Waals surface area contributed by atoms with Crippen LogP contribution in [0.25, 0.3) is 0 Å². The molecule has 2 rings (SSSR count). The number of ether oxygens (including phenoxy) is 1. The second-order valence-electron chi connectivity index (χ2n) is 18.3. The molecule has 48 heavy (non-hydrogen) atoms. The first-order valence-corrected chi connectivity index (χ1v) is 20.5. The zero-order valence-electron chi connectivity index (χ0n) is 35.6. The van der Waals surface area contributed by atoms with Gasteiger partial charge in [0.1, 0.15) is 0 Å². The first-order chi connectivity index (χ1) is 21.6. The van der Waals surface area contributed by atoms with Gasteiger partial charge in [-0.3, -0.25) is 0 Å². The first-order valence-electron chi connectivity index (χ1n) is 18.9. The molecule has 0 aromatic heterocycles. The molecule has 0 amide bonds. The van der Waals surface area contributed by atoms with Crippen molar-refractivity contribution >= 4 is 10.0 Å². The molecule has 0 heterocycles. The summed E-state index contributed by atoms with van der Waals surface area (Å²) >= 11 is 0. The van der Waals surface area contributed by atoms with Crippen LogP contribution in [-0.2, 0) is 14.8 Å². The van der Waals surface area contributed by atoms with Crippen molar-refractivity contribution in [2.75, 3.05) is 6.61 Å². The molecule has 0 saturated heterocycles. The van der Waals surface area contributed by atoms with Gasteiger partial charge >= 0.3 is 0 Å². The van der Waals surface area contributed by atoms with Crippen LogP contribution in [0.1, 0.15) is 193 Å². The fourth-order valence-corrected chi connectivity index (χ4v) is 4.94. The van der Waals surface area contributed by atoms with Crippen LogP contribution < -0.4 is 4.72 Å². The van der Waals surface area contributed by atoms with Crippen molar-refractivity contribution in [2.45, 2.75) is 199 Å². The minimum absolute atomic E-state index is 0.0330. The highest BCUT2D eigenvalue weighted by molar-refractivity contribution is 7.90. The largest absolute Gasteiger partial charge is 0.379 e. The SMILES string of the molecule is C=CC(C)C.CC(C)(C)C(C)(C)C.CC(C)NS(=O)(=O)C1CC1.CC(C)OCCCCCC(C)(C)C.CC(C)c1cccc(C(C)C)c1. The second kappa shape index (κ2) is 24.9. The number of nitrogens with one attached hydrogen (secondary N) is 1. The topological polar surface area (TPSA) is 55.4 Å². The number of benzene rings is 1. The molecular formula is C43H85NO3S. The summed E-state index contributed by atoms with van der Waals surface area (Å²) < 4.78 is 30.2. The first kappa shape index (κ1) is 51.2. The van der Waals surface area contributed by atoms with E-state index in [9.17, 15) is 8.42 Å². The maximum atomic E-state index is 11.1. The molecule has 5 heteroatoms. The van der Waals surface area contributed by atoms with Crippen molar-refractivity contribution in [3.63, 3.8) is 0 Å². The average Bonchev–Trinajstić information content (AvgIpc) is 3.76. The van der Waals surface area contributed by atoms with Crippen LogP contribution in [-0.4, -0.2) is 32.4 Å². The Morgan fingerprint density at radius 3 is 1.46 bits per heavy atom. The third-order valence-corrected chi connectivity index (χ3v) is 10.5. The van der Waals surface area contributed by atoms with Crippen LogP contribution in [0.3, 0.4) is 0 Å². The van der Waals surface area contributed by atoms with Gasteiger partial charge < -0.3 is 4.74 Å². The minimum atomic E-state index is -2.94. The molecule has 1 N–H and O–H groups in total. The lowest BCUT2D eigenvalue weighted by Gasteiger charge is -2.34. The second-order valence-corrected chi connectivity index (χ2v) is 20.3. The van der Waals surface area contributed by atoms with Crippen molar-refractivity contribution in [1.29, 1.82) is 0 Å². The van der Waals surface area contributed by atoms with E-state index in [1.807, 2.05) is 19.9 Å².